The summed E-state index contributed by atoms with van der Waals surface area (Å²) < 4.78 is 0. The van der Waals surface area contributed by atoms with Crippen LogP contribution in [0.5, 0.6) is 0 Å². The van der Waals surface area contributed by atoms with E-state index in [9.17, 15) is 0 Å². The fourth-order valence-corrected chi connectivity index (χ4v) is 1.62. The van der Waals surface area contributed by atoms with Gasteiger partial charge in [0, 0.05) is 17.3 Å². The molecule has 1 heterocycles. The van der Waals surface area contributed by atoms with E-state index in [1.807, 2.05) is 18.2 Å². The van der Waals surface area contributed by atoms with Gasteiger partial charge in [-0.15, -0.1) is 0 Å². The highest BCUT2D eigenvalue weighted by Gasteiger charge is 2.08. The van der Waals surface area contributed by atoms with Crippen molar-refractivity contribution in [3.8, 4) is 0 Å². The predicted molar refractivity (Wildman–Crippen MR) is 58.4 cm³/mol. The van der Waals surface area contributed by atoms with Crippen molar-refractivity contribution in [3.63, 3.8) is 0 Å². The van der Waals surface area contributed by atoms with Crippen molar-refractivity contribution >= 4 is 23.2 Å². The van der Waals surface area contributed by atoms with Gasteiger partial charge in [-0.3, -0.25) is 10.4 Å². The second-order valence-electron chi connectivity index (χ2n) is 3.05. The molecule has 0 unspecified atom stereocenters. The van der Waals surface area contributed by atoms with Crippen molar-refractivity contribution in [2.45, 2.75) is 6.42 Å². The van der Waals surface area contributed by atoms with Gasteiger partial charge in [0.1, 0.15) is 0 Å². The molecule has 1 aliphatic heterocycles. The Hall–Kier alpha value is -1.26. The largest absolute Gasteiger partial charge is 0.325 e. The van der Waals surface area contributed by atoms with E-state index in [4.69, 9.17) is 17.4 Å². The minimum atomic E-state index is 0.589. The second kappa shape index (κ2) is 3.86. The van der Waals surface area contributed by atoms with E-state index < -0.39 is 0 Å². The fourth-order valence-electron chi connectivity index (χ4n) is 1.43. The number of halogens is 1. The molecule has 0 amide bonds. The number of anilines is 1. The Bertz CT molecular complexity index is 375. The van der Waals surface area contributed by atoms with Crippen molar-refractivity contribution in [1.82, 2.24) is 5.43 Å². The molecule has 2 rings (SSSR count). The summed E-state index contributed by atoms with van der Waals surface area (Å²) in [4.78, 5) is 4.21. The highest BCUT2D eigenvalue weighted by Crippen LogP contribution is 2.22. The van der Waals surface area contributed by atoms with Gasteiger partial charge in [-0.1, -0.05) is 11.6 Å². The molecule has 0 spiro atoms. The third-order valence-electron chi connectivity index (χ3n) is 2.11. The Morgan fingerprint density at radius 1 is 1.50 bits per heavy atom. The van der Waals surface area contributed by atoms with E-state index in [0.29, 0.717) is 12.5 Å². The maximum atomic E-state index is 5.89. The Morgan fingerprint density at radius 2 is 2.36 bits per heavy atom. The van der Waals surface area contributed by atoms with Crippen LogP contribution in [-0.2, 0) is 6.42 Å². The average Bonchev–Trinajstić information content (AvgIpc) is 2.38. The summed E-state index contributed by atoms with van der Waals surface area (Å²) >= 11 is 5.89. The molecule has 1 aromatic rings. The second-order valence-corrected chi connectivity index (χ2v) is 3.49. The van der Waals surface area contributed by atoms with Gasteiger partial charge in [0.2, 0.25) is 5.96 Å². The fraction of sp³-hybridized carbons (Fsp3) is 0.222. The number of hydrogen-bond donors (Lipinski definition) is 3. The molecule has 1 aliphatic rings. The summed E-state index contributed by atoms with van der Waals surface area (Å²) in [6, 6.07) is 5.71. The summed E-state index contributed by atoms with van der Waals surface area (Å²) in [5.41, 5.74) is 4.67. The quantitative estimate of drug-likeness (QED) is 0.444. The Labute approximate surface area is 87.1 Å². The first-order chi connectivity index (χ1) is 6.79. The molecule has 14 heavy (non-hydrogen) atoms. The molecule has 0 aliphatic carbocycles. The minimum absolute atomic E-state index is 0.589. The highest BCUT2D eigenvalue weighted by molar-refractivity contribution is 6.30. The van der Waals surface area contributed by atoms with Crippen molar-refractivity contribution in [2.75, 3.05) is 11.9 Å². The number of rotatable bonds is 0. The SMILES string of the molecule is NNC1=NCCc2cc(Cl)ccc2N1. The van der Waals surface area contributed by atoms with Crippen LogP contribution in [0, 0.1) is 0 Å². The zero-order chi connectivity index (χ0) is 9.97. The number of aliphatic imine (C=N–C) groups is 1. The molecule has 74 valence electrons. The number of nitrogens with one attached hydrogen (secondary N) is 2. The van der Waals surface area contributed by atoms with E-state index >= 15 is 0 Å². The third kappa shape index (κ3) is 1.81. The number of guanidine groups is 1. The van der Waals surface area contributed by atoms with Gasteiger partial charge in [-0.25, -0.2) is 5.84 Å². The van der Waals surface area contributed by atoms with Gasteiger partial charge >= 0.3 is 0 Å². The zero-order valence-electron chi connectivity index (χ0n) is 7.55. The van der Waals surface area contributed by atoms with E-state index in [0.717, 1.165) is 22.7 Å². The van der Waals surface area contributed by atoms with Gasteiger partial charge in [-0.05, 0) is 30.2 Å². The molecule has 0 bridgehead atoms. The lowest BCUT2D eigenvalue weighted by atomic mass is 10.1. The van der Waals surface area contributed by atoms with Gasteiger partial charge in [0.25, 0.3) is 0 Å². The molecule has 0 atom stereocenters. The van der Waals surface area contributed by atoms with Crippen LogP contribution in [0.1, 0.15) is 5.56 Å². The Morgan fingerprint density at radius 3 is 3.14 bits per heavy atom. The van der Waals surface area contributed by atoms with Gasteiger partial charge in [0.15, 0.2) is 0 Å². The van der Waals surface area contributed by atoms with Crippen LogP contribution in [0.2, 0.25) is 5.02 Å². The summed E-state index contributed by atoms with van der Waals surface area (Å²) in [5, 5.41) is 3.84. The summed E-state index contributed by atoms with van der Waals surface area (Å²) in [6.45, 7) is 0.708. The topological polar surface area (TPSA) is 62.4 Å². The molecular weight excluding hydrogens is 200 g/mol. The third-order valence-corrected chi connectivity index (χ3v) is 2.34. The maximum Gasteiger partial charge on any atom is 0.210 e. The first-order valence-electron chi connectivity index (χ1n) is 4.36. The van der Waals surface area contributed by atoms with E-state index in [2.05, 4.69) is 15.7 Å². The number of nitrogens with two attached hydrogens (primary N) is 1. The predicted octanol–water partition coefficient (Wildman–Crippen LogP) is 1.13. The molecule has 5 heteroatoms. The molecule has 0 aromatic heterocycles. The first-order valence-corrected chi connectivity index (χ1v) is 4.74. The Balaban J connectivity index is 2.33. The lowest BCUT2D eigenvalue weighted by molar-refractivity contribution is 0.947. The molecule has 0 saturated heterocycles. The van der Waals surface area contributed by atoms with Crippen molar-refractivity contribution in [3.05, 3.63) is 28.8 Å². The van der Waals surface area contributed by atoms with Crippen LogP contribution in [0.15, 0.2) is 23.2 Å². The van der Waals surface area contributed by atoms with Crippen molar-refractivity contribution in [2.24, 2.45) is 10.8 Å². The molecular formula is C9H11ClN4. The van der Waals surface area contributed by atoms with Crippen molar-refractivity contribution in [1.29, 1.82) is 0 Å². The Kier molecular flexibility index (Phi) is 2.56. The molecule has 4 nitrogen and oxygen atoms in total. The van der Waals surface area contributed by atoms with Crippen LogP contribution in [0.4, 0.5) is 5.69 Å². The molecule has 0 radical (unpaired) electrons. The first kappa shape index (κ1) is 9.30. The number of nitrogens with zero attached hydrogens (tertiary/aromatic N) is 1. The summed E-state index contributed by atoms with van der Waals surface area (Å²) in [5.74, 6) is 5.88. The highest BCUT2D eigenvalue weighted by atomic mass is 35.5. The van der Waals surface area contributed by atoms with Crippen LogP contribution in [0.3, 0.4) is 0 Å². The lowest BCUT2D eigenvalue weighted by Gasteiger charge is -2.09. The summed E-state index contributed by atoms with van der Waals surface area (Å²) in [6.07, 6.45) is 0.869. The average molecular weight is 211 g/mol. The van der Waals surface area contributed by atoms with E-state index in [-0.39, 0.29) is 0 Å². The maximum absolute atomic E-state index is 5.89. The van der Waals surface area contributed by atoms with Crippen LogP contribution >= 0.6 is 11.6 Å². The standard InChI is InChI=1S/C9H11ClN4/c10-7-1-2-8-6(5-7)3-4-12-9(13-8)14-11/h1-2,5H,3-4,11H2,(H2,12,13,14). The number of hydrazine groups is 1. The molecule has 0 saturated carbocycles. The summed E-state index contributed by atoms with van der Waals surface area (Å²) in [7, 11) is 0. The van der Waals surface area contributed by atoms with Crippen LogP contribution in [-0.4, -0.2) is 12.5 Å². The van der Waals surface area contributed by atoms with E-state index in [1.54, 1.807) is 0 Å². The van der Waals surface area contributed by atoms with Gasteiger partial charge in [-0.2, -0.15) is 0 Å². The zero-order valence-corrected chi connectivity index (χ0v) is 8.30. The minimum Gasteiger partial charge on any atom is -0.325 e. The van der Waals surface area contributed by atoms with Crippen molar-refractivity contribution < 1.29 is 0 Å². The van der Waals surface area contributed by atoms with Gasteiger partial charge < -0.3 is 5.32 Å². The van der Waals surface area contributed by atoms with Crippen LogP contribution in [0.25, 0.3) is 0 Å². The number of benzene rings is 1. The number of fused-ring (bicyclic) bond motifs is 1. The monoisotopic (exact) mass is 210 g/mol. The van der Waals surface area contributed by atoms with Gasteiger partial charge in [0.05, 0.1) is 0 Å². The van der Waals surface area contributed by atoms with E-state index in [1.165, 1.54) is 0 Å². The molecule has 1 aromatic carbocycles. The smallest absolute Gasteiger partial charge is 0.210 e. The normalized spacial score (nSPS) is 14.9. The lowest BCUT2D eigenvalue weighted by Crippen LogP contribution is -2.36. The number of hydrogen-bond acceptors (Lipinski definition) is 4. The molecule has 4 N–H and O–H groups in total. The molecule has 0 fully saturated rings. The van der Waals surface area contributed by atoms with Crippen LogP contribution < -0.4 is 16.6 Å².